The van der Waals surface area contributed by atoms with E-state index in [9.17, 15) is 0 Å². The Morgan fingerprint density at radius 3 is 2.94 bits per heavy atom. The van der Waals surface area contributed by atoms with Gasteiger partial charge in [-0.1, -0.05) is 13.8 Å². The molecule has 2 aliphatic rings. The molecule has 0 saturated carbocycles. The van der Waals surface area contributed by atoms with Crippen LogP contribution >= 0.6 is 0 Å². The minimum absolute atomic E-state index is 0.758. The van der Waals surface area contributed by atoms with Crippen LogP contribution in [0, 0.1) is 11.8 Å². The second-order valence-corrected chi connectivity index (χ2v) is 6.02. The molecule has 0 aromatic carbocycles. The average molecular weight is 240 g/mol. The third kappa shape index (κ3) is 4.23. The van der Waals surface area contributed by atoms with Crippen molar-refractivity contribution in [3.05, 3.63) is 0 Å². The molecule has 1 N–H and O–H groups in total. The van der Waals surface area contributed by atoms with E-state index in [1.165, 1.54) is 38.9 Å². The molecule has 2 unspecified atom stereocenters. The Kier molecular flexibility index (Phi) is 5.26. The van der Waals surface area contributed by atoms with E-state index in [0.29, 0.717) is 0 Å². The summed E-state index contributed by atoms with van der Waals surface area (Å²) in [7, 11) is 0. The highest BCUT2D eigenvalue weighted by Crippen LogP contribution is 2.24. The molecule has 2 aliphatic heterocycles. The first-order chi connectivity index (χ1) is 8.25. The normalized spacial score (nSPS) is 29.8. The van der Waals surface area contributed by atoms with Gasteiger partial charge >= 0.3 is 0 Å². The number of rotatable bonds is 6. The molecule has 100 valence electrons. The lowest BCUT2D eigenvalue weighted by Gasteiger charge is -2.24. The Bertz CT molecular complexity index is 206. The maximum Gasteiger partial charge on any atom is 0.0593 e. The largest absolute Gasteiger partial charge is 0.380 e. The van der Waals surface area contributed by atoms with E-state index in [1.54, 1.807) is 0 Å². The van der Waals surface area contributed by atoms with Crippen LogP contribution in [0.25, 0.3) is 0 Å². The number of fused-ring (bicyclic) bond motifs is 1. The van der Waals surface area contributed by atoms with Gasteiger partial charge in [-0.15, -0.1) is 0 Å². The van der Waals surface area contributed by atoms with Crippen molar-refractivity contribution in [3.63, 3.8) is 0 Å². The first-order valence-corrected chi connectivity index (χ1v) is 7.29. The molecule has 2 atom stereocenters. The topological polar surface area (TPSA) is 24.5 Å². The predicted molar refractivity (Wildman–Crippen MR) is 71.2 cm³/mol. The van der Waals surface area contributed by atoms with Crippen molar-refractivity contribution in [2.75, 3.05) is 39.4 Å². The minimum atomic E-state index is 0.758. The van der Waals surface area contributed by atoms with E-state index >= 15 is 0 Å². The molecule has 0 amide bonds. The van der Waals surface area contributed by atoms with Crippen LogP contribution < -0.4 is 5.32 Å². The maximum absolute atomic E-state index is 5.70. The van der Waals surface area contributed by atoms with Crippen LogP contribution in [0.3, 0.4) is 0 Å². The Morgan fingerprint density at radius 1 is 1.29 bits per heavy atom. The third-order valence-corrected chi connectivity index (χ3v) is 4.07. The van der Waals surface area contributed by atoms with Crippen molar-refractivity contribution in [2.45, 2.75) is 39.2 Å². The monoisotopic (exact) mass is 240 g/mol. The first kappa shape index (κ1) is 13.3. The fourth-order valence-corrected chi connectivity index (χ4v) is 2.93. The number of nitrogens with one attached hydrogen (secondary N) is 1. The quantitative estimate of drug-likeness (QED) is 0.716. The fourth-order valence-electron chi connectivity index (χ4n) is 2.93. The maximum atomic E-state index is 5.70. The zero-order valence-electron chi connectivity index (χ0n) is 11.5. The van der Waals surface area contributed by atoms with Gasteiger partial charge in [-0.3, -0.25) is 4.90 Å². The van der Waals surface area contributed by atoms with Crippen molar-refractivity contribution in [1.29, 1.82) is 0 Å². The lowest BCUT2D eigenvalue weighted by molar-refractivity contribution is 0.101. The molecule has 2 saturated heterocycles. The summed E-state index contributed by atoms with van der Waals surface area (Å²) in [4.78, 5) is 2.57. The van der Waals surface area contributed by atoms with Gasteiger partial charge in [-0.05, 0) is 37.6 Å². The smallest absolute Gasteiger partial charge is 0.0593 e. The van der Waals surface area contributed by atoms with Crippen molar-refractivity contribution < 1.29 is 4.74 Å². The van der Waals surface area contributed by atoms with Gasteiger partial charge in [0.05, 0.1) is 6.61 Å². The van der Waals surface area contributed by atoms with Gasteiger partial charge in [0.15, 0.2) is 0 Å². The van der Waals surface area contributed by atoms with Crippen LogP contribution in [0.2, 0.25) is 0 Å². The van der Waals surface area contributed by atoms with Crippen LogP contribution in [-0.2, 0) is 4.74 Å². The summed E-state index contributed by atoms with van der Waals surface area (Å²) < 4.78 is 5.70. The second-order valence-electron chi connectivity index (χ2n) is 6.02. The Labute approximate surface area is 106 Å². The average Bonchev–Trinajstić information content (AvgIpc) is 2.70. The molecule has 17 heavy (non-hydrogen) atoms. The summed E-state index contributed by atoms with van der Waals surface area (Å²) >= 11 is 0. The highest BCUT2D eigenvalue weighted by atomic mass is 16.5. The van der Waals surface area contributed by atoms with E-state index in [2.05, 4.69) is 24.1 Å². The summed E-state index contributed by atoms with van der Waals surface area (Å²) in [6.07, 6.45) is 3.97. The summed E-state index contributed by atoms with van der Waals surface area (Å²) in [5, 5.41) is 3.65. The highest BCUT2D eigenvalue weighted by molar-refractivity contribution is 4.91. The molecule has 3 nitrogen and oxygen atoms in total. The van der Waals surface area contributed by atoms with Gasteiger partial charge < -0.3 is 10.1 Å². The summed E-state index contributed by atoms with van der Waals surface area (Å²) in [6, 6.07) is 0.763. The molecule has 0 bridgehead atoms. The number of hydrogen-bond donors (Lipinski definition) is 1. The lowest BCUT2D eigenvalue weighted by atomic mass is 9.94. The van der Waals surface area contributed by atoms with Crippen LogP contribution in [0.1, 0.15) is 33.1 Å². The molecule has 0 aliphatic carbocycles. The molecule has 0 radical (unpaired) electrons. The van der Waals surface area contributed by atoms with E-state index in [0.717, 1.165) is 37.6 Å². The molecule has 2 rings (SSSR count). The van der Waals surface area contributed by atoms with E-state index < -0.39 is 0 Å². The van der Waals surface area contributed by atoms with Gasteiger partial charge in [0.25, 0.3) is 0 Å². The van der Waals surface area contributed by atoms with Crippen LogP contribution in [-0.4, -0.2) is 50.3 Å². The standard InChI is InChI=1S/C14H28N2O/c1-12(2)5-8-17-9-7-16-10-13-4-3-6-15-14(13)11-16/h12-15H,3-11H2,1-2H3. The van der Waals surface area contributed by atoms with Crippen LogP contribution in [0.15, 0.2) is 0 Å². The van der Waals surface area contributed by atoms with E-state index in [-0.39, 0.29) is 0 Å². The molecule has 2 fully saturated rings. The minimum Gasteiger partial charge on any atom is -0.380 e. The van der Waals surface area contributed by atoms with E-state index in [4.69, 9.17) is 4.74 Å². The van der Waals surface area contributed by atoms with Gasteiger partial charge in [0.1, 0.15) is 0 Å². The van der Waals surface area contributed by atoms with Crippen molar-refractivity contribution in [1.82, 2.24) is 10.2 Å². The molecule has 2 heterocycles. The summed E-state index contributed by atoms with van der Waals surface area (Å²) in [5.41, 5.74) is 0. The Balaban J connectivity index is 1.55. The van der Waals surface area contributed by atoms with Gasteiger partial charge in [0, 0.05) is 32.3 Å². The third-order valence-electron chi connectivity index (χ3n) is 4.07. The molecule has 0 spiro atoms. The van der Waals surface area contributed by atoms with Crippen molar-refractivity contribution in [3.8, 4) is 0 Å². The molecular weight excluding hydrogens is 212 g/mol. The summed E-state index contributed by atoms with van der Waals surface area (Å²) in [5.74, 6) is 1.66. The number of hydrogen-bond acceptors (Lipinski definition) is 3. The second kappa shape index (κ2) is 6.72. The van der Waals surface area contributed by atoms with Gasteiger partial charge in [-0.25, -0.2) is 0 Å². The number of nitrogens with zero attached hydrogens (tertiary/aromatic N) is 1. The number of likely N-dealkylation sites (tertiary alicyclic amines) is 1. The molecule has 0 aromatic rings. The Morgan fingerprint density at radius 2 is 2.18 bits per heavy atom. The molecular formula is C14H28N2O. The van der Waals surface area contributed by atoms with Crippen LogP contribution in [0.4, 0.5) is 0 Å². The molecule has 3 heteroatoms. The fraction of sp³-hybridized carbons (Fsp3) is 1.00. The predicted octanol–water partition coefficient (Wildman–Crippen LogP) is 1.73. The van der Waals surface area contributed by atoms with Crippen LogP contribution in [0.5, 0.6) is 0 Å². The Hall–Kier alpha value is -0.120. The zero-order valence-corrected chi connectivity index (χ0v) is 11.5. The number of ether oxygens (including phenoxy) is 1. The lowest BCUT2D eigenvalue weighted by Crippen LogP contribution is -2.40. The van der Waals surface area contributed by atoms with E-state index in [1.807, 2.05) is 0 Å². The van der Waals surface area contributed by atoms with Crippen molar-refractivity contribution >= 4 is 0 Å². The SMILES string of the molecule is CC(C)CCOCCN1CC2CCCNC2C1. The molecule has 0 aromatic heterocycles. The zero-order chi connectivity index (χ0) is 12.1. The van der Waals surface area contributed by atoms with Crippen molar-refractivity contribution in [2.24, 2.45) is 11.8 Å². The van der Waals surface area contributed by atoms with Gasteiger partial charge in [0.2, 0.25) is 0 Å². The first-order valence-electron chi connectivity index (χ1n) is 7.29. The highest BCUT2D eigenvalue weighted by Gasteiger charge is 2.33. The van der Waals surface area contributed by atoms with Gasteiger partial charge in [-0.2, -0.15) is 0 Å². The summed E-state index contributed by atoms with van der Waals surface area (Å²) in [6.45, 7) is 11.2. The number of piperidine rings is 1.